The van der Waals surface area contributed by atoms with E-state index in [1.54, 1.807) is 18.2 Å². The maximum atomic E-state index is 14.2. The zero-order chi connectivity index (χ0) is 16.1. The van der Waals surface area contributed by atoms with Crippen molar-refractivity contribution in [2.24, 2.45) is 0 Å². The van der Waals surface area contributed by atoms with Crippen LogP contribution in [0.15, 0.2) is 24.3 Å². The van der Waals surface area contributed by atoms with Crippen LogP contribution in [0.4, 0.5) is 4.39 Å². The van der Waals surface area contributed by atoms with Gasteiger partial charge >= 0.3 is 0 Å². The molecule has 2 aliphatic rings. The fourth-order valence-electron chi connectivity index (χ4n) is 3.29. The van der Waals surface area contributed by atoms with Crippen molar-refractivity contribution < 1.29 is 13.9 Å². The van der Waals surface area contributed by atoms with E-state index in [4.69, 9.17) is 4.74 Å². The second-order valence-corrected chi connectivity index (χ2v) is 6.11. The van der Waals surface area contributed by atoms with Gasteiger partial charge < -0.3 is 15.4 Å². The zero-order valence-electron chi connectivity index (χ0n) is 14.1. The van der Waals surface area contributed by atoms with Crippen molar-refractivity contribution in [3.63, 3.8) is 0 Å². The molecule has 1 aromatic carbocycles. The van der Waals surface area contributed by atoms with Gasteiger partial charge in [0.15, 0.2) is 0 Å². The molecule has 2 fully saturated rings. The van der Waals surface area contributed by atoms with E-state index in [1.165, 1.54) is 6.07 Å². The SMILES string of the molecule is Cl.Cl.O=C(NCC1CCCN1)C(c1ccccc1F)N1CCOCC1. The number of nitrogens with one attached hydrogen (secondary N) is 2. The molecule has 0 saturated carbocycles. The predicted molar refractivity (Wildman–Crippen MR) is 100 cm³/mol. The molecule has 1 aromatic rings. The van der Waals surface area contributed by atoms with E-state index < -0.39 is 6.04 Å². The number of hydrogen-bond donors (Lipinski definition) is 2. The topological polar surface area (TPSA) is 53.6 Å². The lowest BCUT2D eigenvalue weighted by Crippen LogP contribution is -2.48. The first-order chi connectivity index (χ1) is 11.3. The summed E-state index contributed by atoms with van der Waals surface area (Å²) in [5, 5.41) is 6.36. The molecule has 5 nitrogen and oxygen atoms in total. The third-order valence-corrected chi connectivity index (χ3v) is 4.54. The van der Waals surface area contributed by atoms with Crippen LogP contribution in [0, 0.1) is 5.82 Å². The maximum absolute atomic E-state index is 14.2. The van der Waals surface area contributed by atoms with E-state index in [0.717, 1.165) is 19.4 Å². The van der Waals surface area contributed by atoms with Gasteiger partial charge in [-0.25, -0.2) is 4.39 Å². The van der Waals surface area contributed by atoms with Gasteiger partial charge in [0.1, 0.15) is 11.9 Å². The Hall–Kier alpha value is -0.920. The first kappa shape index (κ1) is 22.1. The van der Waals surface area contributed by atoms with Crippen LogP contribution in [0.1, 0.15) is 24.4 Å². The lowest BCUT2D eigenvalue weighted by molar-refractivity contribution is -0.128. The highest BCUT2D eigenvalue weighted by molar-refractivity contribution is 5.85. The number of carbonyl (C=O) groups is 1. The van der Waals surface area contributed by atoms with E-state index in [1.807, 2.05) is 4.90 Å². The Labute approximate surface area is 160 Å². The highest BCUT2D eigenvalue weighted by Crippen LogP contribution is 2.24. The quantitative estimate of drug-likeness (QED) is 0.801. The molecule has 2 heterocycles. The molecule has 0 aromatic heterocycles. The summed E-state index contributed by atoms with van der Waals surface area (Å²) in [6, 6.07) is 6.26. The van der Waals surface area contributed by atoms with Crippen molar-refractivity contribution in [3.8, 4) is 0 Å². The van der Waals surface area contributed by atoms with Crippen molar-refractivity contribution >= 4 is 30.7 Å². The Bertz CT molecular complexity index is 538. The Morgan fingerprint density at radius 2 is 2.04 bits per heavy atom. The highest BCUT2D eigenvalue weighted by atomic mass is 35.5. The second-order valence-electron chi connectivity index (χ2n) is 6.11. The molecule has 0 bridgehead atoms. The van der Waals surface area contributed by atoms with E-state index in [0.29, 0.717) is 44.5 Å². The number of benzene rings is 1. The smallest absolute Gasteiger partial charge is 0.242 e. The van der Waals surface area contributed by atoms with Crippen molar-refractivity contribution in [1.82, 2.24) is 15.5 Å². The average molecular weight is 394 g/mol. The van der Waals surface area contributed by atoms with E-state index in [-0.39, 0.29) is 36.5 Å². The Kier molecular flexibility index (Phi) is 9.67. The van der Waals surface area contributed by atoms with Crippen LogP contribution in [0.5, 0.6) is 0 Å². The minimum Gasteiger partial charge on any atom is -0.379 e. The van der Waals surface area contributed by atoms with Crippen LogP contribution >= 0.6 is 24.8 Å². The van der Waals surface area contributed by atoms with Gasteiger partial charge in [-0.15, -0.1) is 24.8 Å². The molecule has 0 spiro atoms. The van der Waals surface area contributed by atoms with Gasteiger partial charge in [0, 0.05) is 31.2 Å². The largest absolute Gasteiger partial charge is 0.379 e. The lowest BCUT2D eigenvalue weighted by Gasteiger charge is -2.34. The summed E-state index contributed by atoms with van der Waals surface area (Å²) < 4.78 is 19.6. The summed E-state index contributed by atoms with van der Waals surface area (Å²) in [5.41, 5.74) is 0.436. The third-order valence-electron chi connectivity index (χ3n) is 4.54. The molecule has 142 valence electrons. The van der Waals surface area contributed by atoms with E-state index in [9.17, 15) is 9.18 Å². The van der Waals surface area contributed by atoms with Gasteiger partial charge in [-0.3, -0.25) is 9.69 Å². The number of amides is 1. The van der Waals surface area contributed by atoms with Gasteiger partial charge in [-0.05, 0) is 25.5 Å². The molecule has 2 unspecified atom stereocenters. The minimum absolute atomic E-state index is 0. The van der Waals surface area contributed by atoms with E-state index in [2.05, 4.69) is 10.6 Å². The Morgan fingerprint density at radius 3 is 2.68 bits per heavy atom. The zero-order valence-corrected chi connectivity index (χ0v) is 15.7. The number of ether oxygens (including phenoxy) is 1. The Balaban J connectivity index is 0.00000156. The number of halogens is 3. The van der Waals surface area contributed by atoms with Gasteiger partial charge in [0.25, 0.3) is 0 Å². The van der Waals surface area contributed by atoms with Crippen LogP contribution in [-0.2, 0) is 9.53 Å². The first-order valence-corrected chi connectivity index (χ1v) is 8.33. The molecule has 2 aliphatic heterocycles. The Morgan fingerprint density at radius 1 is 1.32 bits per heavy atom. The molecule has 2 saturated heterocycles. The van der Waals surface area contributed by atoms with Crippen molar-refractivity contribution in [2.45, 2.75) is 24.9 Å². The van der Waals surface area contributed by atoms with Crippen LogP contribution < -0.4 is 10.6 Å². The fourth-order valence-corrected chi connectivity index (χ4v) is 3.29. The molecule has 2 N–H and O–H groups in total. The summed E-state index contributed by atoms with van der Waals surface area (Å²) in [5.74, 6) is -0.469. The van der Waals surface area contributed by atoms with Crippen LogP contribution in [-0.4, -0.2) is 56.2 Å². The van der Waals surface area contributed by atoms with Gasteiger partial charge in [0.05, 0.1) is 13.2 Å². The second kappa shape index (κ2) is 10.9. The van der Waals surface area contributed by atoms with Gasteiger partial charge in [-0.1, -0.05) is 18.2 Å². The molecule has 0 radical (unpaired) electrons. The van der Waals surface area contributed by atoms with Gasteiger partial charge in [-0.2, -0.15) is 0 Å². The number of carbonyl (C=O) groups excluding carboxylic acids is 1. The van der Waals surface area contributed by atoms with Crippen molar-refractivity contribution in [1.29, 1.82) is 0 Å². The molecule has 2 atom stereocenters. The van der Waals surface area contributed by atoms with E-state index >= 15 is 0 Å². The number of hydrogen-bond acceptors (Lipinski definition) is 4. The van der Waals surface area contributed by atoms with Gasteiger partial charge in [0.2, 0.25) is 5.91 Å². The molecule has 8 heteroatoms. The predicted octanol–water partition coefficient (Wildman–Crippen LogP) is 1.91. The molecule has 1 amide bonds. The molecule has 25 heavy (non-hydrogen) atoms. The number of morpholine rings is 1. The molecule has 3 rings (SSSR count). The number of nitrogens with zero attached hydrogens (tertiary/aromatic N) is 1. The normalized spacial score (nSPS) is 21.7. The minimum atomic E-state index is -0.596. The summed E-state index contributed by atoms with van der Waals surface area (Å²) in [6.45, 7) is 4.00. The first-order valence-electron chi connectivity index (χ1n) is 8.33. The summed E-state index contributed by atoms with van der Waals surface area (Å²) in [7, 11) is 0. The summed E-state index contributed by atoms with van der Waals surface area (Å²) in [4.78, 5) is 14.8. The highest BCUT2D eigenvalue weighted by Gasteiger charge is 2.31. The molecule has 0 aliphatic carbocycles. The average Bonchev–Trinajstić information content (AvgIpc) is 3.09. The lowest BCUT2D eigenvalue weighted by atomic mass is 10.0. The molecular weight excluding hydrogens is 368 g/mol. The monoisotopic (exact) mass is 393 g/mol. The molecular formula is C17H26Cl2FN3O2. The number of rotatable bonds is 5. The van der Waals surface area contributed by atoms with Crippen molar-refractivity contribution in [2.75, 3.05) is 39.4 Å². The maximum Gasteiger partial charge on any atom is 0.242 e. The summed E-state index contributed by atoms with van der Waals surface area (Å²) >= 11 is 0. The third kappa shape index (κ3) is 5.79. The van der Waals surface area contributed by atoms with Crippen LogP contribution in [0.25, 0.3) is 0 Å². The van der Waals surface area contributed by atoms with Crippen LogP contribution in [0.2, 0.25) is 0 Å². The van der Waals surface area contributed by atoms with Crippen molar-refractivity contribution in [3.05, 3.63) is 35.6 Å². The summed E-state index contributed by atoms with van der Waals surface area (Å²) in [6.07, 6.45) is 2.21. The fraction of sp³-hybridized carbons (Fsp3) is 0.588. The van der Waals surface area contributed by atoms with Crippen LogP contribution in [0.3, 0.4) is 0 Å². The standard InChI is InChI=1S/C17H24FN3O2.2ClH/c18-15-6-2-1-5-14(15)16(21-8-10-23-11-9-21)17(22)20-12-13-4-3-7-19-13;;/h1-2,5-6,13,16,19H,3-4,7-12H2,(H,20,22);2*1H.